The van der Waals surface area contributed by atoms with Crippen molar-refractivity contribution in [2.24, 2.45) is 0 Å². The van der Waals surface area contributed by atoms with Crippen molar-refractivity contribution in [3.63, 3.8) is 0 Å². The third-order valence-electron chi connectivity index (χ3n) is 4.52. The molecule has 0 aromatic heterocycles. The minimum absolute atomic E-state index is 0.148. The van der Waals surface area contributed by atoms with E-state index in [-0.39, 0.29) is 11.4 Å². The van der Waals surface area contributed by atoms with Gasteiger partial charge in [-0.25, -0.2) is 0 Å². The molecule has 2 aliphatic carbocycles. The zero-order valence-corrected chi connectivity index (χ0v) is 11.9. The van der Waals surface area contributed by atoms with Crippen LogP contribution in [0.3, 0.4) is 0 Å². The zero-order chi connectivity index (χ0) is 15.3. The molecule has 0 saturated carbocycles. The summed E-state index contributed by atoms with van der Waals surface area (Å²) in [6.45, 7) is 0. The van der Waals surface area contributed by atoms with Gasteiger partial charge in [0.05, 0.1) is 0 Å². The predicted octanol–water partition coefficient (Wildman–Crippen LogP) is 3.03. The average molecular weight is 290 g/mol. The fraction of sp³-hybridized carbons (Fsp3) is 0.158. The van der Waals surface area contributed by atoms with E-state index in [1.807, 2.05) is 24.3 Å². The second kappa shape index (κ2) is 4.49. The van der Waals surface area contributed by atoms with Crippen molar-refractivity contribution in [1.82, 2.24) is 0 Å². The third kappa shape index (κ3) is 1.54. The zero-order valence-electron chi connectivity index (χ0n) is 11.9. The first kappa shape index (κ1) is 13.2. The molecule has 1 atom stereocenters. The van der Waals surface area contributed by atoms with Crippen LogP contribution in [0.4, 0.5) is 0 Å². The Morgan fingerprint density at radius 2 is 1.50 bits per heavy atom. The molecule has 2 aromatic rings. The summed E-state index contributed by atoms with van der Waals surface area (Å²) in [5.74, 6) is -0.562. The van der Waals surface area contributed by atoms with Gasteiger partial charge >= 0.3 is 0 Å². The van der Waals surface area contributed by atoms with E-state index in [0.29, 0.717) is 24.0 Å². The number of carbonyl (C=O) groups is 2. The van der Waals surface area contributed by atoms with Crippen molar-refractivity contribution < 1.29 is 14.7 Å². The van der Waals surface area contributed by atoms with Gasteiger partial charge in [0.25, 0.3) is 0 Å². The molecular weight excluding hydrogens is 276 g/mol. The van der Waals surface area contributed by atoms with E-state index >= 15 is 0 Å². The number of Topliss-reactive ketones (excluding diaryl/α,β-unsaturated/α-hetero) is 2. The molecule has 0 bridgehead atoms. The molecule has 0 spiro atoms. The minimum Gasteiger partial charge on any atom is -0.373 e. The van der Waals surface area contributed by atoms with Gasteiger partial charge in [-0.2, -0.15) is 0 Å². The molecule has 0 aliphatic heterocycles. The van der Waals surface area contributed by atoms with Crippen LogP contribution < -0.4 is 0 Å². The molecule has 3 heteroatoms. The molecule has 22 heavy (non-hydrogen) atoms. The largest absolute Gasteiger partial charge is 0.373 e. The Bertz CT molecular complexity index is 847. The molecule has 2 aliphatic rings. The molecule has 1 N–H and O–H groups in total. The van der Waals surface area contributed by atoms with Crippen molar-refractivity contribution in [1.29, 1.82) is 0 Å². The van der Waals surface area contributed by atoms with E-state index in [0.717, 1.165) is 11.1 Å². The Morgan fingerprint density at radius 1 is 0.864 bits per heavy atom. The maximum absolute atomic E-state index is 13.0. The fourth-order valence-electron chi connectivity index (χ4n) is 3.48. The highest BCUT2D eigenvalue weighted by molar-refractivity contribution is 6.18. The lowest BCUT2D eigenvalue weighted by atomic mass is 9.71. The summed E-state index contributed by atoms with van der Waals surface area (Å²) in [6, 6.07) is 14.5. The Hall–Kier alpha value is -2.52. The molecule has 4 rings (SSSR count). The van der Waals surface area contributed by atoms with Gasteiger partial charge in [-0.3, -0.25) is 9.59 Å². The van der Waals surface area contributed by atoms with Crippen molar-refractivity contribution in [3.8, 4) is 11.1 Å². The van der Waals surface area contributed by atoms with Crippen LogP contribution in [-0.2, 0) is 10.4 Å². The smallest absolute Gasteiger partial charge is 0.204 e. The topological polar surface area (TPSA) is 54.4 Å². The Balaban J connectivity index is 2.06. The van der Waals surface area contributed by atoms with Crippen LogP contribution in [0, 0.1) is 0 Å². The second-order valence-corrected chi connectivity index (χ2v) is 5.71. The summed E-state index contributed by atoms with van der Waals surface area (Å²) in [5.41, 5.74) is 0.932. The molecule has 3 nitrogen and oxygen atoms in total. The van der Waals surface area contributed by atoms with Crippen LogP contribution in [0.1, 0.15) is 28.8 Å². The quantitative estimate of drug-likeness (QED) is 0.878. The molecule has 0 heterocycles. The monoisotopic (exact) mass is 290 g/mol. The van der Waals surface area contributed by atoms with Crippen LogP contribution in [0.2, 0.25) is 0 Å². The molecule has 0 fully saturated rings. The number of benzene rings is 2. The van der Waals surface area contributed by atoms with Crippen molar-refractivity contribution in [2.45, 2.75) is 18.4 Å². The first-order valence-electron chi connectivity index (χ1n) is 7.34. The number of rotatable bonds is 1. The number of aliphatic hydroxyl groups is 1. The molecule has 0 amide bonds. The van der Waals surface area contributed by atoms with Gasteiger partial charge in [-0.1, -0.05) is 54.6 Å². The van der Waals surface area contributed by atoms with Gasteiger partial charge in [0.15, 0.2) is 11.4 Å². The maximum Gasteiger partial charge on any atom is 0.204 e. The van der Waals surface area contributed by atoms with Gasteiger partial charge in [-0.15, -0.1) is 0 Å². The standard InChI is InChI=1S/C19H14O3/c20-17-11-5-10-16(17)19(22)15-9-4-3-7-13(15)12-6-1-2-8-14(12)18(19)21/h1-4,6-10,22H,5,11H2. The van der Waals surface area contributed by atoms with Crippen LogP contribution in [0.15, 0.2) is 60.2 Å². The number of fused-ring (bicyclic) bond motifs is 3. The molecule has 1 unspecified atom stereocenters. The number of ketones is 2. The summed E-state index contributed by atoms with van der Waals surface area (Å²) in [5, 5.41) is 11.3. The van der Waals surface area contributed by atoms with E-state index in [1.165, 1.54) is 0 Å². The highest BCUT2D eigenvalue weighted by atomic mass is 16.3. The summed E-state index contributed by atoms with van der Waals surface area (Å²) in [4.78, 5) is 25.2. The van der Waals surface area contributed by atoms with Gasteiger partial charge in [-0.05, 0) is 17.5 Å². The molecule has 0 saturated heterocycles. The molecule has 0 radical (unpaired) electrons. The van der Waals surface area contributed by atoms with Gasteiger partial charge in [0.1, 0.15) is 0 Å². The first-order valence-corrected chi connectivity index (χ1v) is 7.34. The van der Waals surface area contributed by atoms with E-state index in [1.54, 1.807) is 30.3 Å². The number of allylic oxidation sites excluding steroid dienone is 1. The van der Waals surface area contributed by atoms with Gasteiger partial charge in [0.2, 0.25) is 5.78 Å². The van der Waals surface area contributed by atoms with Crippen LogP contribution in [0.25, 0.3) is 11.1 Å². The lowest BCUT2D eigenvalue weighted by Gasteiger charge is -2.34. The highest BCUT2D eigenvalue weighted by Gasteiger charge is 2.50. The Labute approximate surface area is 127 Å². The van der Waals surface area contributed by atoms with E-state index in [4.69, 9.17) is 0 Å². The second-order valence-electron chi connectivity index (χ2n) is 5.71. The number of hydrogen-bond donors (Lipinski definition) is 1. The van der Waals surface area contributed by atoms with Crippen LogP contribution in [0.5, 0.6) is 0 Å². The first-order chi connectivity index (χ1) is 10.6. The van der Waals surface area contributed by atoms with Gasteiger partial charge in [0, 0.05) is 23.1 Å². The Morgan fingerprint density at radius 3 is 2.18 bits per heavy atom. The van der Waals surface area contributed by atoms with E-state index < -0.39 is 11.4 Å². The summed E-state index contributed by atoms with van der Waals surface area (Å²) in [7, 11) is 0. The van der Waals surface area contributed by atoms with E-state index in [9.17, 15) is 14.7 Å². The number of hydrogen-bond acceptors (Lipinski definition) is 3. The number of carbonyl (C=O) groups excluding carboxylic acids is 2. The SMILES string of the molecule is O=C1CCC=C1C1(O)C(=O)c2ccccc2-c2ccccc21. The third-order valence-corrected chi connectivity index (χ3v) is 4.52. The fourth-order valence-corrected chi connectivity index (χ4v) is 3.48. The Kier molecular flexibility index (Phi) is 2.68. The molecule has 108 valence electrons. The highest BCUT2D eigenvalue weighted by Crippen LogP contribution is 2.46. The lowest BCUT2D eigenvalue weighted by Crippen LogP contribution is -2.42. The van der Waals surface area contributed by atoms with Crippen LogP contribution >= 0.6 is 0 Å². The maximum atomic E-state index is 13.0. The predicted molar refractivity (Wildman–Crippen MR) is 82.4 cm³/mol. The molecule has 2 aromatic carbocycles. The minimum atomic E-state index is -1.86. The average Bonchev–Trinajstić information content (AvgIpc) is 2.99. The summed E-state index contributed by atoms with van der Waals surface area (Å²) >= 11 is 0. The van der Waals surface area contributed by atoms with Gasteiger partial charge < -0.3 is 5.11 Å². The van der Waals surface area contributed by atoms with E-state index in [2.05, 4.69) is 0 Å². The van der Waals surface area contributed by atoms with Crippen LogP contribution in [-0.4, -0.2) is 16.7 Å². The van der Waals surface area contributed by atoms with Crippen molar-refractivity contribution in [2.75, 3.05) is 0 Å². The van der Waals surface area contributed by atoms with Crippen molar-refractivity contribution in [3.05, 3.63) is 71.3 Å². The lowest BCUT2D eigenvalue weighted by molar-refractivity contribution is -0.116. The summed E-state index contributed by atoms with van der Waals surface area (Å²) in [6.07, 6.45) is 2.63. The molecular formula is C19H14O3. The normalized spacial score (nSPS) is 23.0. The van der Waals surface area contributed by atoms with Crippen molar-refractivity contribution >= 4 is 11.6 Å². The summed E-state index contributed by atoms with van der Waals surface area (Å²) < 4.78 is 0.